The van der Waals surface area contributed by atoms with Gasteiger partial charge in [-0.1, -0.05) is 12.1 Å². The van der Waals surface area contributed by atoms with E-state index in [1.165, 1.54) is 38.5 Å². The minimum atomic E-state index is 0.0886. The molecule has 3 aromatic rings. The number of anilines is 3. The molecule has 2 aromatic heterocycles. The Morgan fingerprint density at radius 1 is 0.952 bits per heavy atom. The van der Waals surface area contributed by atoms with Gasteiger partial charge in [-0.05, 0) is 86.1 Å². The lowest BCUT2D eigenvalue weighted by molar-refractivity contribution is -0.128. The van der Waals surface area contributed by atoms with E-state index < -0.39 is 0 Å². The van der Waals surface area contributed by atoms with Gasteiger partial charge in [0.25, 0.3) is 5.88 Å². The summed E-state index contributed by atoms with van der Waals surface area (Å²) in [5.41, 5.74) is 15.5. The molecule has 5 N–H and O–H groups in total. The highest BCUT2D eigenvalue weighted by Gasteiger charge is 2.51. The maximum atomic E-state index is 13.1. The molecule has 1 saturated heterocycles. The first-order valence-corrected chi connectivity index (χ1v) is 15.2. The molecule has 3 heterocycles. The summed E-state index contributed by atoms with van der Waals surface area (Å²) in [6, 6.07) is 11.9. The summed E-state index contributed by atoms with van der Waals surface area (Å²) in [7, 11) is 0. The van der Waals surface area contributed by atoms with Gasteiger partial charge in [-0.25, -0.2) is 15.0 Å². The molecule has 42 heavy (non-hydrogen) atoms. The number of rotatable bonds is 8. The van der Waals surface area contributed by atoms with Crippen LogP contribution in [0, 0.1) is 17.8 Å². The van der Waals surface area contributed by atoms with Crippen molar-refractivity contribution in [2.24, 2.45) is 17.8 Å². The molecule has 4 bridgehead atoms. The lowest BCUT2D eigenvalue weighted by Gasteiger charge is -2.57. The zero-order valence-electron chi connectivity index (χ0n) is 24.0. The van der Waals surface area contributed by atoms with E-state index in [-0.39, 0.29) is 29.8 Å². The molecule has 0 atom stereocenters. The van der Waals surface area contributed by atoms with Gasteiger partial charge in [0.15, 0.2) is 5.82 Å². The second-order valence-corrected chi connectivity index (χ2v) is 12.9. The van der Waals surface area contributed by atoms with Crippen molar-refractivity contribution < 1.29 is 9.53 Å². The fourth-order valence-electron chi connectivity index (χ4n) is 8.17. The van der Waals surface area contributed by atoms with Crippen LogP contribution in [0.15, 0.2) is 48.8 Å². The number of hydrogen-bond donors (Lipinski definition) is 3. The van der Waals surface area contributed by atoms with Crippen LogP contribution in [0.5, 0.6) is 5.88 Å². The highest BCUT2D eigenvalue weighted by atomic mass is 16.5. The Morgan fingerprint density at radius 2 is 1.64 bits per heavy atom. The zero-order valence-corrected chi connectivity index (χ0v) is 24.0. The van der Waals surface area contributed by atoms with Gasteiger partial charge in [0.05, 0.1) is 18.4 Å². The molecule has 1 aromatic carbocycles. The lowest BCUT2D eigenvalue weighted by atomic mass is 9.53. The van der Waals surface area contributed by atoms with Gasteiger partial charge >= 0.3 is 0 Å². The summed E-state index contributed by atoms with van der Waals surface area (Å²) < 4.78 is 5.84. The third kappa shape index (κ3) is 5.72. The molecule has 4 aliphatic carbocycles. The molecule has 1 amide bonds. The van der Waals surface area contributed by atoms with E-state index in [2.05, 4.69) is 42.2 Å². The molecule has 10 heteroatoms. The molecule has 5 aliphatic rings. The van der Waals surface area contributed by atoms with Crippen molar-refractivity contribution in [2.45, 2.75) is 50.7 Å². The first-order valence-electron chi connectivity index (χ1n) is 15.2. The second kappa shape index (κ2) is 11.1. The van der Waals surface area contributed by atoms with E-state index in [1.807, 2.05) is 18.2 Å². The van der Waals surface area contributed by atoms with Crippen molar-refractivity contribution in [2.75, 3.05) is 49.1 Å². The number of amides is 1. The molecule has 4 saturated carbocycles. The molecule has 8 rings (SSSR count). The van der Waals surface area contributed by atoms with E-state index in [9.17, 15) is 4.79 Å². The van der Waals surface area contributed by atoms with Crippen LogP contribution >= 0.6 is 0 Å². The number of nitrogens with one attached hydrogen (secondary N) is 1. The Balaban J connectivity index is 0.918. The number of carbonyl (C=O) groups excluding carboxylic acids is 1. The molecule has 5 fully saturated rings. The van der Waals surface area contributed by atoms with Gasteiger partial charge in [-0.3, -0.25) is 9.69 Å². The number of pyridine rings is 1. The molecule has 0 spiro atoms. The highest BCUT2D eigenvalue weighted by molar-refractivity contribution is 5.79. The maximum absolute atomic E-state index is 13.1. The van der Waals surface area contributed by atoms with Crippen molar-refractivity contribution in [1.29, 1.82) is 0 Å². The van der Waals surface area contributed by atoms with Gasteiger partial charge in [0.1, 0.15) is 12.4 Å². The topological polar surface area (TPSA) is 136 Å². The fraction of sp³-hybridized carbons (Fsp3) is 0.500. The number of benzene rings is 1. The van der Waals surface area contributed by atoms with Crippen molar-refractivity contribution >= 4 is 23.2 Å². The summed E-state index contributed by atoms with van der Waals surface area (Å²) in [6.07, 6.45) is 11.1. The Morgan fingerprint density at radius 3 is 2.31 bits per heavy atom. The monoisotopic (exact) mass is 568 g/mol. The van der Waals surface area contributed by atoms with Crippen LogP contribution in [-0.2, 0) is 11.4 Å². The molecule has 1 aliphatic heterocycles. The minimum absolute atomic E-state index is 0.0886. The Hall–Kier alpha value is -3.92. The van der Waals surface area contributed by atoms with Crippen LogP contribution in [0.4, 0.5) is 17.3 Å². The first kappa shape index (κ1) is 26.9. The molecule has 0 unspecified atom stereocenters. The van der Waals surface area contributed by atoms with Crippen LogP contribution in [0.1, 0.15) is 44.1 Å². The number of piperazine rings is 1. The second-order valence-electron chi connectivity index (χ2n) is 12.9. The maximum Gasteiger partial charge on any atom is 0.258 e. The Labute approximate surface area is 246 Å². The van der Waals surface area contributed by atoms with Crippen LogP contribution in [0.25, 0.3) is 11.3 Å². The summed E-state index contributed by atoms with van der Waals surface area (Å²) in [4.78, 5) is 30.7. The quantitative estimate of drug-likeness (QED) is 0.373. The summed E-state index contributed by atoms with van der Waals surface area (Å²) in [5.74, 6) is 3.69. The largest absolute Gasteiger partial charge is 0.470 e. The number of nitrogen functional groups attached to an aromatic ring is 2. The van der Waals surface area contributed by atoms with Gasteiger partial charge < -0.3 is 26.4 Å². The first-order chi connectivity index (χ1) is 20.4. The van der Waals surface area contributed by atoms with E-state index >= 15 is 0 Å². The van der Waals surface area contributed by atoms with Crippen LogP contribution in [-0.4, -0.2) is 64.0 Å². The van der Waals surface area contributed by atoms with Gasteiger partial charge in [0.2, 0.25) is 5.91 Å². The van der Waals surface area contributed by atoms with Crippen molar-refractivity contribution in [3.05, 3.63) is 54.4 Å². The van der Waals surface area contributed by atoms with Crippen molar-refractivity contribution in [1.82, 2.24) is 25.2 Å². The highest BCUT2D eigenvalue weighted by Crippen LogP contribution is 2.55. The smallest absolute Gasteiger partial charge is 0.258 e. The SMILES string of the molecule is Nc1cc(COc2nc(-c3ccc(N4CCN(CC(=O)NC56CC7CC(CC(C7)C5)C6)CC4)cc3)cnc2N)ccn1. The molecular formula is C32H40N8O2. The third-order valence-corrected chi connectivity index (χ3v) is 9.70. The van der Waals surface area contributed by atoms with Gasteiger partial charge in [0, 0.05) is 49.2 Å². The number of carbonyl (C=O) groups is 1. The number of hydrogen-bond acceptors (Lipinski definition) is 9. The van der Waals surface area contributed by atoms with Crippen molar-refractivity contribution in [3.63, 3.8) is 0 Å². The Bertz CT molecular complexity index is 1400. The average Bonchev–Trinajstić information content (AvgIpc) is 2.96. The predicted molar refractivity (Wildman–Crippen MR) is 163 cm³/mol. The van der Waals surface area contributed by atoms with E-state index in [1.54, 1.807) is 18.5 Å². The van der Waals surface area contributed by atoms with Crippen LogP contribution in [0.3, 0.4) is 0 Å². The fourth-order valence-corrected chi connectivity index (χ4v) is 8.17. The molecule has 220 valence electrons. The lowest BCUT2D eigenvalue weighted by Crippen LogP contribution is -2.61. The summed E-state index contributed by atoms with van der Waals surface area (Å²) in [5, 5.41) is 3.53. The van der Waals surface area contributed by atoms with Crippen LogP contribution in [0.2, 0.25) is 0 Å². The molecule has 10 nitrogen and oxygen atoms in total. The van der Waals surface area contributed by atoms with Crippen molar-refractivity contribution in [3.8, 4) is 17.1 Å². The number of nitrogens with zero attached hydrogens (tertiary/aromatic N) is 5. The number of ether oxygens (including phenoxy) is 1. The minimum Gasteiger partial charge on any atom is -0.470 e. The zero-order chi connectivity index (χ0) is 28.7. The third-order valence-electron chi connectivity index (χ3n) is 9.70. The number of nitrogens with two attached hydrogens (primary N) is 2. The van der Waals surface area contributed by atoms with Gasteiger partial charge in [-0.15, -0.1) is 0 Å². The van der Waals surface area contributed by atoms with E-state index in [4.69, 9.17) is 16.2 Å². The normalized spacial score (nSPS) is 26.8. The number of aromatic nitrogens is 3. The van der Waals surface area contributed by atoms with Gasteiger partial charge in [-0.2, -0.15) is 0 Å². The van der Waals surface area contributed by atoms with Crippen LogP contribution < -0.4 is 26.4 Å². The molecule has 0 radical (unpaired) electrons. The molecular weight excluding hydrogens is 528 g/mol. The van der Waals surface area contributed by atoms with E-state index in [0.29, 0.717) is 18.1 Å². The Kier molecular flexibility index (Phi) is 7.09. The van der Waals surface area contributed by atoms with E-state index in [0.717, 1.165) is 60.7 Å². The summed E-state index contributed by atoms with van der Waals surface area (Å²) >= 11 is 0. The predicted octanol–water partition coefficient (Wildman–Crippen LogP) is 3.49. The summed E-state index contributed by atoms with van der Waals surface area (Å²) in [6.45, 7) is 4.31. The average molecular weight is 569 g/mol. The standard InChI is InChI=1S/C32H40N8O2/c33-28-14-21(5-6-35-28)20-42-31-30(34)36-18-27(37-31)25-1-3-26(4-2-25)40-9-7-39(8-10-40)19-29(41)38-32-15-22-11-23(16-32)13-24(12-22)17-32/h1-6,14,18,22-24H,7-13,15-17,19-20H2,(H2,33,35)(H2,34,36)(H,38,41).